The highest BCUT2D eigenvalue weighted by atomic mass is 16.7. The number of nitrogens with one attached hydrogen (secondary N) is 2. The van der Waals surface area contributed by atoms with Crippen LogP contribution in [0.15, 0.2) is 12.1 Å². The molecule has 4 amide bonds. The minimum Gasteiger partial charge on any atom is -0.467 e. The molecule has 14 nitrogen and oxygen atoms in total. The summed E-state index contributed by atoms with van der Waals surface area (Å²) >= 11 is 0. The van der Waals surface area contributed by atoms with Gasteiger partial charge in [-0.15, -0.1) is 0 Å². The van der Waals surface area contributed by atoms with E-state index in [1.54, 1.807) is 4.90 Å². The van der Waals surface area contributed by atoms with Crippen molar-refractivity contribution in [2.24, 2.45) is 11.3 Å². The summed E-state index contributed by atoms with van der Waals surface area (Å²) in [7, 11) is 1.24. The Bertz CT molecular complexity index is 1430. The van der Waals surface area contributed by atoms with Crippen LogP contribution in [0.4, 0.5) is 9.59 Å². The molecule has 0 spiro atoms. The van der Waals surface area contributed by atoms with Crippen LogP contribution in [0.5, 0.6) is 11.5 Å². The van der Waals surface area contributed by atoms with Gasteiger partial charge in [0.2, 0.25) is 18.6 Å². The molecule has 3 aliphatic heterocycles. The molecule has 14 heteroatoms. The predicted molar refractivity (Wildman–Crippen MR) is 178 cm³/mol. The molecule has 1 saturated heterocycles. The lowest BCUT2D eigenvalue weighted by Crippen LogP contribution is -2.61. The van der Waals surface area contributed by atoms with Gasteiger partial charge in [-0.1, -0.05) is 40.0 Å². The molecule has 2 saturated carbocycles. The van der Waals surface area contributed by atoms with Crippen molar-refractivity contribution in [2.75, 3.05) is 20.4 Å². The molecule has 0 radical (unpaired) electrons. The summed E-state index contributed by atoms with van der Waals surface area (Å²) in [5.41, 5.74) is 1.08. The number of hydrogen-bond acceptors (Lipinski definition) is 10. The first-order valence-corrected chi connectivity index (χ1v) is 17.9. The molecule has 1 aromatic carbocycles. The molecular formula is C36H50N4O10. The van der Waals surface area contributed by atoms with Crippen LogP contribution < -0.4 is 20.1 Å². The zero-order valence-corrected chi connectivity index (χ0v) is 29.5. The van der Waals surface area contributed by atoms with Crippen molar-refractivity contribution < 1.29 is 47.7 Å². The number of fused-ring (bicyclic) bond motifs is 2. The van der Waals surface area contributed by atoms with Crippen LogP contribution >= 0.6 is 0 Å². The fourth-order valence-corrected chi connectivity index (χ4v) is 7.85. The zero-order valence-electron chi connectivity index (χ0n) is 29.5. The first-order valence-electron chi connectivity index (χ1n) is 17.9. The zero-order chi connectivity index (χ0) is 35.6. The van der Waals surface area contributed by atoms with Crippen LogP contribution in [0.3, 0.4) is 0 Å². The molecule has 274 valence electrons. The van der Waals surface area contributed by atoms with E-state index >= 15 is 0 Å². The molecule has 4 atom stereocenters. The molecule has 0 bridgehead atoms. The van der Waals surface area contributed by atoms with E-state index in [9.17, 15) is 24.0 Å². The number of amides is 4. The Labute approximate surface area is 292 Å². The Balaban J connectivity index is 1.14. The van der Waals surface area contributed by atoms with Crippen LogP contribution in [0.1, 0.15) is 96.1 Å². The van der Waals surface area contributed by atoms with Crippen molar-refractivity contribution in [3.63, 3.8) is 0 Å². The molecule has 0 aromatic heterocycles. The SMILES string of the molecule is COC(=O)C1C[C@@H](OC(=O)N2Cc3cc4c(cc3C2)OCO4)CN1C(=O)[C@@H](NC(=O)[C@@H](NC(=O)OC1CCCC1)C1CCCCC1)C(C)(C)C. The number of carbonyl (C=O) groups is 5. The summed E-state index contributed by atoms with van der Waals surface area (Å²) in [6.45, 7) is 6.23. The molecule has 6 rings (SSSR count). The van der Waals surface area contributed by atoms with Crippen LogP contribution in [0.25, 0.3) is 0 Å². The third-order valence-electron chi connectivity index (χ3n) is 10.6. The molecule has 2 N–H and O–H groups in total. The molecule has 3 heterocycles. The minimum absolute atomic E-state index is 0.0466. The third kappa shape index (κ3) is 7.88. The van der Waals surface area contributed by atoms with Gasteiger partial charge in [0.1, 0.15) is 30.3 Å². The lowest BCUT2D eigenvalue weighted by molar-refractivity contribution is -0.153. The Hall–Kier alpha value is -4.23. The van der Waals surface area contributed by atoms with Crippen molar-refractivity contribution in [1.82, 2.24) is 20.4 Å². The van der Waals surface area contributed by atoms with Crippen molar-refractivity contribution in [2.45, 2.75) is 128 Å². The fraction of sp³-hybridized carbons (Fsp3) is 0.694. The standard InChI is InChI=1S/C36H50N4O10/c1-36(2,3)30(38-31(41)29(21-10-6-5-7-11-21)37-34(44)49-24-12-8-9-13-24)32(42)40-19-25(16-26(40)33(43)46-4)50-35(45)39-17-22-14-27-28(48-20-47-27)15-23(22)18-39/h14-15,21,24-26,29-30H,5-13,16-20H2,1-4H3,(H,37,44)(H,38,41)/t25-,26?,29+,30-/m1/s1. The van der Waals surface area contributed by atoms with E-state index in [0.717, 1.165) is 68.9 Å². The maximum atomic E-state index is 14.4. The molecule has 50 heavy (non-hydrogen) atoms. The number of rotatable bonds is 8. The molecule has 3 fully saturated rings. The number of alkyl carbamates (subject to hydrolysis) is 1. The van der Waals surface area contributed by atoms with Crippen molar-refractivity contribution >= 4 is 30.0 Å². The van der Waals surface area contributed by atoms with E-state index in [2.05, 4.69) is 10.6 Å². The van der Waals surface area contributed by atoms with Gasteiger partial charge in [0.25, 0.3) is 0 Å². The highest BCUT2D eigenvalue weighted by molar-refractivity contribution is 5.94. The van der Waals surface area contributed by atoms with Gasteiger partial charge in [-0.25, -0.2) is 14.4 Å². The number of likely N-dealkylation sites (tertiary alicyclic amines) is 1. The lowest BCUT2D eigenvalue weighted by atomic mass is 9.82. The van der Waals surface area contributed by atoms with E-state index in [4.69, 9.17) is 23.7 Å². The maximum absolute atomic E-state index is 14.4. The Morgan fingerprint density at radius 1 is 0.840 bits per heavy atom. The number of ether oxygens (including phenoxy) is 5. The molecule has 1 unspecified atom stereocenters. The van der Waals surface area contributed by atoms with E-state index in [1.807, 2.05) is 32.9 Å². The largest absolute Gasteiger partial charge is 0.467 e. The maximum Gasteiger partial charge on any atom is 0.410 e. The van der Waals surface area contributed by atoms with Gasteiger partial charge >= 0.3 is 18.2 Å². The van der Waals surface area contributed by atoms with Gasteiger partial charge in [-0.05, 0) is 73.1 Å². The fourth-order valence-electron chi connectivity index (χ4n) is 7.85. The number of esters is 1. The quantitative estimate of drug-likeness (QED) is 0.298. The highest BCUT2D eigenvalue weighted by Gasteiger charge is 2.48. The Morgan fingerprint density at radius 2 is 1.46 bits per heavy atom. The monoisotopic (exact) mass is 698 g/mol. The van der Waals surface area contributed by atoms with E-state index < -0.39 is 59.6 Å². The lowest BCUT2D eigenvalue weighted by Gasteiger charge is -2.37. The number of methoxy groups -OCH3 is 1. The van der Waals surface area contributed by atoms with Gasteiger partial charge in [-0.3, -0.25) is 14.5 Å². The van der Waals surface area contributed by atoms with E-state index in [-0.39, 0.29) is 31.8 Å². The Kier molecular flexibility index (Phi) is 10.6. The van der Waals surface area contributed by atoms with Crippen molar-refractivity contribution in [3.05, 3.63) is 23.3 Å². The summed E-state index contributed by atoms with van der Waals surface area (Å²) in [6, 6.07) is 0.766. The number of benzene rings is 1. The average Bonchev–Trinajstić information content (AvgIpc) is 3.91. The van der Waals surface area contributed by atoms with Crippen LogP contribution in [0, 0.1) is 11.3 Å². The molecule has 5 aliphatic rings. The topological polar surface area (TPSA) is 162 Å². The average molecular weight is 699 g/mol. The number of hydrogen-bond donors (Lipinski definition) is 2. The third-order valence-corrected chi connectivity index (χ3v) is 10.6. The van der Waals surface area contributed by atoms with Crippen LogP contribution in [-0.2, 0) is 41.7 Å². The Morgan fingerprint density at radius 3 is 2.06 bits per heavy atom. The van der Waals surface area contributed by atoms with Crippen molar-refractivity contribution in [3.8, 4) is 11.5 Å². The summed E-state index contributed by atoms with van der Waals surface area (Å²) < 4.78 is 27.5. The van der Waals surface area contributed by atoms with Gasteiger partial charge in [0, 0.05) is 19.5 Å². The smallest absolute Gasteiger partial charge is 0.410 e. The normalized spacial score (nSPS) is 23.2. The highest BCUT2D eigenvalue weighted by Crippen LogP contribution is 2.38. The second kappa shape index (κ2) is 14.9. The van der Waals surface area contributed by atoms with E-state index in [0.29, 0.717) is 24.6 Å². The second-order valence-corrected chi connectivity index (χ2v) is 15.2. The summed E-state index contributed by atoms with van der Waals surface area (Å²) in [6.07, 6.45) is 6.01. The molecule has 1 aromatic rings. The van der Waals surface area contributed by atoms with Crippen molar-refractivity contribution in [1.29, 1.82) is 0 Å². The first kappa shape index (κ1) is 35.6. The predicted octanol–water partition coefficient (Wildman–Crippen LogP) is 4.16. The number of carbonyl (C=O) groups excluding carboxylic acids is 5. The van der Waals surface area contributed by atoms with E-state index in [1.165, 1.54) is 12.0 Å². The van der Waals surface area contributed by atoms with Gasteiger partial charge in [0.15, 0.2) is 11.5 Å². The first-order chi connectivity index (χ1) is 23.9. The second-order valence-electron chi connectivity index (χ2n) is 15.2. The summed E-state index contributed by atoms with van der Waals surface area (Å²) in [4.78, 5) is 70.6. The van der Waals surface area contributed by atoms with Gasteiger partial charge in [-0.2, -0.15) is 0 Å². The molecular weight excluding hydrogens is 648 g/mol. The molecule has 2 aliphatic carbocycles. The van der Waals surface area contributed by atoms with Gasteiger partial charge < -0.3 is 39.2 Å². The minimum atomic E-state index is -1.06. The van der Waals surface area contributed by atoms with Crippen LogP contribution in [0.2, 0.25) is 0 Å². The summed E-state index contributed by atoms with van der Waals surface area (Å²) in [5.74, 6) is -0.452. The summed E-state index contributed by atoms with van der Waals surface area (Å²) in [5, 5.41) is 5.79. The van der Waals surface area contributed by atoms with Crippen LogP contribution in [-0.4, -0.2) is 90.6 Å². The number of nitrogens with zero attached hydrogens (tertiary/aromatic N) is 2. The van der Waals surface area contributed by atoms with Gasteiger partial charge in [0.05, 0.1) is 13.7 Å².